The highest BCUT2D eigenvalue weighted by molar-refractivity contribution is 7.64. The van der Waals surface area contributed by atoms with Crippen LogP contribution in [0.5, 0.6) is 0 Å². The number of fused-ring (bicyclic) bond motifs is 2. The topological polar surface area (TPSA) is 57.4 Å². The van der Waals surface area contributed by atoms with Gasteiger partial charge in [0.1, 0.15) is 11.6 Å². The highest BCUT2D eigenvalue weighted by Gasteiger charge is 2.17. The van der Waals surface area contributed by atoms with Crippen molar-refractivity contribution in [3.63, 3.8) is 0 Å². The molecule has 0 amide bonds. The third-order valence-corrected chi connectivity index (χ3v) is 7.07. The molecular formula is C22H19N4P. The third-order valence-electron chi connectivity index (χ3n) is 4.68. The Hall–Kier alpha value is -2.97. The van der Waals surface area contributed by atoms with E-state index in [1.54, 1.807) is 0 Å². The van der Waals surface area contributed by atoms with Crippen molar-refractivity contribution in [1.82, 2.24) is 19.9 Å². The number of imidazole rings is 2. The second kappa shape index (κ2) is 6.98. The molecule has 0 spiro atoms. The van der Waals surface area contributed by atoms with E-state index in [1.165, 1.54) is 5.30 Å². The first-order valence-electron chi connectivity index (χ1n) is 9.02. The van der Waals surface area contributed by atoms with Crippen molar-refractivity contribution < 1.29 is 0 Å². The van der Waals surface area contributed by atoms with Crippen molar-refractivity contribution in [2.45, 2.75) is 12.3 Å². The maximum Gasteiger partial charge on any atom is 0.111 e. The summed E-state index contributed by atoms with van der Waals surface area (Å²) in [6, 6.07) is 27.1. The van der Waals surface area contributed by atoms with Gasteiger partial charge >= 0.3 is 0 Å². The molecular weight excluding hydrogens is 351 g/mol. The number of H-pyrrole nitrogens is 2. The van der Waals surface area contributed by atoms with Gasteiger partial charge in [-0.25, -0.2) is 9.97 Å². The monoisotopic (exact) mass is 370 g/mol. The van der Waals surface area contributed by atoms with Crippen LogP contribution in [0.1, 0.15) is 11.6 Å². The SMILES string of the molecule is c1ccc(P(Cc2nc3ccccc3[nH]2)Cc2nc3ccccc3[nH]2)cc1. The van der Waals surface area contributed by atoms with Crippen LogP contribution in [-0.2, 0) is 12.3 Å². The molecule has 0 unspecified atom stereocenters. The summed E-state index contributed by atoms with van der Waals surface area (Å²) in [5.74, 6) is 2.09. The van der Waals surface area contributed by atoms with Gasteiger partial charge in [-0.05, 0) is 29.6 Å². The summed E-state index contributed by atoms with van der Waals surface area (Å²) in [6.07, 6.45) is 1.82. The van der Waals surface area contributed by atoms with Crippen molar-refractivity contribution in [2.75, 3.05) is 0 Å². The predicted molar refractivity (Wildman–Crippen MR) is 113 cm³/mol. The van der Waals surface area contributed by atoms with Gasteiger partial charge < -0.3 is 9.97 Å². The fraction of sp³-hybridized carbons (Fsp3) is 0.0909. The third kappa shape index (κ3) is 3.36. The lowest BCUT2D eigenvalue weighted by Gasteiger charge is -2.15. The number of rotatable bonds is 5. The van der Waals surface area contributed by atoms with Crippen LogP contribution in [0.2, 0.25) is 0 Å². The van der Waals surface area contributed by atoms with Crippen LogP contribution in [0.25, 0.3) is 22.1 Å². The lowest BCUT2D eigenvalue weighted by Crippen LogP contribution is -2.05. The lowest BCUT2D eigenvalue weighted by atomic mass is 10.3. The zero-order valence-electron chi connectivity index (χ0n) is 14.8. The Bertz CT molecular complexity index is 1050. The summed E-state index contributed by atoms with van der Waals surface area (Å²) in [5, 5.41) is 1.37. The normalized spacial score (nSPS) is 11.6. The second-order valence-electron chi connectivity index (χ2n) is 6.59. The second-order valence-corrected chi connectivity index (χ2v) is 8.82. The zero-order chi connectivity index (χ0) is 18.1. The van der Waals surface area contributed by atoms with E-state index in [0.717, 1.165) is 46.0 Å². The number of hydrogen-bond donors (Lipinski definition) is 2. The fourth-order valence-corrected chi connectivity index (χ4v) is 5.49. The quantitative estimate of drug-likeness (QED) is 0.430. The maximum absolute atomic E-state index is 4.79. The molecule has 0 saturated carbocycles. The number of aromatic nitrogens is 4. The molecule has 5 aromatic rings. The van der Waals surface area contributed by atoms with Gasteiger partial charge in [-0.3, -0.25) is 0 Å². The molecule has 132 valence electrons. The first kappa shape index (κ1) is 16.2. The van der Waals surface area contributed by atoms with E-state index in [4.69, 9.17) is 9.97 Å². The molecule has 0 bridgehead atoms. The van der Waals surface area contributed by atoms with Crippen LogP contribution < -0.4 is 5.30 Å². The van der Waals surface area contributed by atoms with Crippen molar-refractivity contribution >= 4 is 35.3 Å². The predicted octanol–water partition coefficient (Wildman–Crippen LogP) is 4.95. The van der Waals surface area contributed by atoms with Crippen molar-refractivity contribution in [3.8, 4) is 0 Å². The van der Waals surface area contributed by atoms with Crippen molar-refractivity contribution in [1.29, 1.82) is 0 Å². The van der Waals surface area contributed by atoms with E-state index in [0.29, 0.717) is 0 Å². The van der Waals surface area contributed by atoms with Crippen LogP contribution in [-0.4, -0.2) is 19.9 Å². The van der Waals surface area contributed by atoms with Gasteiger partial charge in [0.15, 0.2) is 0 Å². The molecule has 5 rings (SSSR count). The van der Waals surface area contributed by atoms with E-state index in [-0.39, 0.29) is 0 Å². The van der Waals surface area contributed by atoms with Gasteiger partial charge in [0.05, 0.1) is 22.1 Å². The number of para-hydroxylation sites is 4. The largest absolute Gasteiger partial charge is 0.342 e. The number of nitrogens with one attached hydrogen (secondary N) is 2. The first-order chi connectivity index (χ1) is 13.3. The molecule has 3 aromatic carbocycles. The van der Waals surface area contributed by atoms with Crippen molar-refractivity contribution in [3.05, 3.63) is 90.5 Å². The molecule has 2 aromatic heterocycles. The van der Waals surface area contributed by atoms with Gasteiger partial charge in [0, 0.05) is 12.3 Å². The zero-order valence-corrected chi connectivity index (χ0v) is 15.7. The molecule has 0 atom stereocenters. The van der Waals surface area contributed by atoms with Crippen LogP contribution in [0.4, 0.5) is 0 Å². The Morgan fingerprint density at radius 1 is 0.593 bits per heavy atom. The average Bonchev–Trinajstić information content (AvgIpc) is 3.30. The fourth-order valence-electron chi connectivity index (χ4n) is 3.40. The standard InChI is InChI=1S/C22H19N4P/c1-2-8-16(9-3-1)27(14-21-23-17-10-4-5-11-18(17)24-21)15-22-25-19-12-6-7-13-20(19)26-22/h1-13H,14-15H2,(H,23,24)(H,25,26). The van der Waals surface area contributed by atoms with Gasteiger partial charge in [0.25, 0.3) is 0 Å². The molecule has 0 aliphatic carbocycles. The van der Waals surface area contributed by atoms with E-state index in [1.807, 2.05) is 24.3 Å². The van der Waals surface area contributed by atoms with Crippen LogP contribution >= 0.6 is 7.92 Å². The van der Waals surface area contributed by atoms with E-state index < -0.39 is 7.92 Å². The molecule has 0 fully saturated rings. The highest BCUT2D eigenvalue weighted by Crippen LogP contribution is 2.41. The van der Waals surface area contributed by atoms with Crippen LogP contribution in [0, 0.1) is 0 Å². The van der Waals surface area contributed by atoms with E-state index in [9.17, 15) is 0 Å². The molecule has 4 nitrogen and oxygen atoms in total. The molecule has 0 aliphatic heterocycles. The first-order valence-corrected chi connectivity index (χ1v) is 10.7. The van der Waals surface area contributed by atoms with Crippen LogP contribution in [0.15, 0.2) is 78.9 Å². The molecule has 0 saturated heterocycles. The maximum atomic E-state index is 4.79. The molecule has 5 heteroatoms. The summed E-state index contributed by atoms with van der Waals surface area (Å²) in [6.45, 7) is 0. The molecule has 0 aliphatic rings. The number of nitrogens with zero attached hydrogens (tertiary/aromatic N) is 2. The molecule has 0 radical (unpaired) electrons. The summed E-state index contributed by atoms with van der Waals surface area (Å²) in [5.41, 5.74) is 4.25. The summed E-state index contributed by atoms with van der Waals surface area (Å²) >= 11 is 0. The minimum absolute atomic E-state index is 0.470. The summed E-state index contributed by atoms with van der Waals surface area (Å²) in [4.78, 5) is 16.6. The number of benzene rings is 3. The number of hydrogen-bond acceptors (Lipinski definition) is 2. The minimum Gasteiger partial charge on any atom is -0.342 e. The Labute approximate surface area is 158 Å². The van der Waals surface area contributed by atoms with Crippen molar-refractivity contribution in [2.24, 2.45) is 0 Å². The molecule has 2 N–H and O–H groups in total. The van der Waals surface area contributed by atoms with Crippen LogP contribution in [0.3, 0.4) is 0 Å². The van der Waals surface area contributed by atoms with E-state index in [2.05, 4.69) is 64.6 Å². The average molecular weight is 370 g/mol. The van der Waals surface area contributed by atoms with Gasteiger partial charge in [-0.1, -0.05) is 62.5 Å². The molecule has 2 heterocycles. The summed E-state index contributed by atoms with van der Waals surface area (Å²) in [7, 11) is -0.470. The number of aromatic amines is 2. The lowest BCUT2D eigenvalue weighted by molar-refractivity contribution is 1.10. The van der Waals surface area contributed by atoms with Gasteiger partial charge in [0.2, 0.25) is 0 Å². The Balaban J connectivity index is 1.48. The molecule has 27 heavy (non-hydrogen) atoms. The Morgan fingerprint density at radius 2 is 1.07 bits per heavy atom. The summed E-state index contributed by atoms with van der Waals surface area (Å²) < 4.78 is 0. The Morgan fingerprint density at radius 3 is 1.59 bits per heavy atom. The van der Waals surface area contributed by atoms with Gasteiger partial charge in [-0.15, -0.1) is 0 Å². The highest BCUT2D eigenvalue weighted by atomic mass is 31.1. The van der Waals surface area contributed by atoms with E-state index >= 15 is 0 Å². The smallest absolute Gasteiger partial charge is 0.111 e. The van der Waals surface area contributed by atoms with Gasteiger partial charge in [-0.2, -0.15) is 0 Å². The Kier molecular flexibility index (Phi) is 4.19. The minimum atomic E-state index is -0.470.